The molecule has 0 fully saturated rings. The Kier molecular flexibility index (Phi) is 3.42. The van der Waals surface area contributed by atoms with Crippen LogP contribution in [0.4, 0.5) is 5.69 Å². The first-order chi connectivity index (χ1) is 8.99. The summed E-state index contributed by atoms with van der Waals surface area (Å²) in [5, 5.41) is 21.9. The first-order valence-electron chi connectivity index (χ1n) is 5.88. The Bertz CT molecular complexity index is 635. The zero-order valence-electron chi connectivity index (χ0n) is 10.8. The lowest BCUT2D eigenvalue weighted by atomic mass is 10.1. The number of nitrogens with one attached hydrogen (secondary N) is 1. The van der Waals surface area contributed by atoms with Crippen molar-refractivity contribution in [3.8, 4) is 11.5 Å². The van der Waals surface area contributed by atoms with E-state index in [-0.39, 0.29) is 23.0 Å². The highest BCUT2D eigenvalue weighted by atomic mass is 16.3. The van der Waals surface area contributed by atoms with Crippen LogP contribution in [0.3, 0.4) is 0 Å². The van der Waals surface area contributed by atoms with Gasteiger partial charge in [0.05, 0.1) is 5.56 Å². The number of carbonyl (C=O) groups excluding carboxylic acids is 1. The standard InChI is InChI=1S/C15H15NO3/c1-9-8-14(18)10(2)7-12(9)16-15(19)11-5-3-4-6-13(11)17/h3-8,17-18H,1-2H3,(H,16,19). The molecule has 0 aliphatic heterocycles. The van der Waals surface area contributed by atoms with Gasteiger partial charge in [-0.1, -0.05) is 12.1 Å². The minimum absolute atomic E-state index is 0.0619. The van der Waals surface area contributed by atoms with E-state index in [0.29, 0.717) is 11.3 Å². The third-order valence-electron chi connectivity index (χ3n) is 2.94. The Morgan fingerprint density at radius 3 is 2.37 bits per heavy atom. The fourth-order valence-electron chi connectivity index (χ4n) is 1.79. The van der Waals surface area contributed by atoms with Gasteiger partial charge in [0.25, 0.3) is 5.91 Å². The minimum atomic E-state index is -0.383. The normalized spacial score (nSPS) is 10.2. The van der Waals surface area contributed by atoms with Gasteiger partial charge in [-0.3, -0.25) is 4.79 Å². The van der Waals surface area contributed by atoms with Crippen LogP contribution >= 0.6 is 0 Å². The summed E-state index contributed by atoms with van der Waals surface area (Å²) in [6.45, 7) is 3.55. The summed E-state index contributed by atoms with van der Waals surface area (Å²) >= 11 is 0. The number of para-hydroxylation sites is 1. The number of phenols is 2. The van der Waals surface area contributed by atoms with Crippen molar-refractivity contribution in [1.82, 2.24) is 0 Å². The summed E-state index contributed by atoms with van der Waals surface area (Å²) in [4.78, 5) is 12.0. The first kappa shape index (κ1) is 13.0. The van der Waals surface area contributed by atoms with Crippen molar-refractivity contribution in [3.05, 3.63) is 53.1 Å². The van der Waals surface area contributed by atoms with Crippen molar-refractivity contribution in [1.29, 1.82) is 0 Å². The monoisotopic (exact) mass is 257 g/mol. The van der Waals surface area contributed by atoms with E-state index in [1.54, 1.807) is 44.2 Å². The molecule has 0 saturated heterocycles. The molecule has 2 rings (SSSR count). The zero-order chi connectivity index (χ0) is 14.0. The van der Waals surface area contributed by atoms with Gasteiger partial charge in [0.1, 0.15) is 11.5 Å². The number of hydrogen-bond acceptors (Lipinski definition) is 3. The number of phenolic OH excluding ortho intramolecular Hbond substituents is 2. The maximum atomic E-state index is 12.0. The average molecular weight is 257 g/mol. The second-order valence-electron chi connectivity index (χ2n) is 4.42. The number of benzene rings is 2. The molecule has 0 radical (unpaired) electrons. The quantitative estimate of drug-likeness (QED) is 0.724. The van der Waals surface area contributed by atoms with E-state index in [4.69, 9.17) is 0 Å². The topological polar surface area (TPSA) is 69.6 Å². The molecule has 4 heteroatoms. The fourth-order valence-corrected chi connectivity index (χ4v) is 1.79. The van der Waals surface area contributed by atoms with Crippen molar-refractivity contribution in [2.24, 2.45) is 0 Å². The van der Waals surface area contributed by atoms with Crippen molar-refractivity contribution in [3.63, 3.8) is 0 Å². The number of aromatic hydroxyl groups is 2. The fraction of sp³-hybridized carbons (Fsp3) is 0.133. The summed E-state index contributed by atoms with van der Waals surface area (Å²) < 4.78 is 0. The van der Waals surface area contributed by atoms with Crippen LogP contribution in [0.2, 0.25) is 0 Å². The molecule has 2 aromatic carbocycles. The van der Waals surface area contributed by atoms with Gasteiger partial charge in [-0.05, 0) is 49.2 Å². The molecule has 19 heavy (non-hydrogen) atoms. The maximum Gasteiger partial charge on any atom is 0.259 e. The van der Waals surface area contributed by atoms with Crippen LogP contribution in [-0.2, 0) is 0 Å². The van der Waals surface area contributed by atoms with E-state index in [1.807, 2.05) is 0 Å². The van der Waals surface area contributed by atoms with Gasteiger partial charge in [0.15, 0.2) is 0 Å². The summed E-state index contributed by atoms with van der Waals surface area (Å²) in [5.41, 5.74) is 2.27. The second kappa shape index (κ2) is 5.02. The lowest BCUT2D eigenvalue weighted by Gasteiger charge is -2.11. The van der Waals surface area contributed by atoms with Crippen LogP contribution in [0.25, 0.3) is 0 Å². The highest BCUT2D eigenvalue weighted by Crippen LogP contribution is 2.26. The molecule has 0 aromatic heterocycles. The van der Waals surface area contributed by atoms with Crippen LogP contribution < -0.4 is 5.32 Å². The zero-order valence-corrected chi connectivity index (χ0v) is 10.8. The van der Waals surface area contributed by atoms with E-state index in [2.05, 4.69) is 5.32 Å². The Morgan fingerprint density at radius 1 is 1.00 bits per heavy atom. The molecule has 0 aliphatic rings. The largest absolute Gasteiger partial charge is 0.508 e. The van der Waals surface area contributed by atoms with Crippen molar-refractivity contribution in [2.45, 2.75) is 13.8 Å². The van der Waals surface area contributed by atoms with E-state index in [9.17, 15) is 15.0 Å². The SMILES string of the molecule is Cc1cc(NC(=O)c2ccccc2O)c(C)cc1O. The summed E-state index contributed by atoms with van der Waals surface area (Å²) in [6, 6.07) is 9.64. The molecule has 0 aliphatic carbocycles. The van der Waals surface area contributed by atoms with E-state index in [1.165, 1.54) is 6.07 Å². The molecule has 0 spiro atoms. The van der Waals surface area contributed by atoms with Gasteiger partial charge in [-0.25, -0.2) is 0 Å². The van der Waals surface area contributed by atoms with Gasteiger partial charge in [-0.15, -0.1) is 0 Å². The van der Waals surface area contributed by atoms with Gasteiger partial charge in [0, 0.05) is 5.69 Å². The molecular weight excluding hydrogens is 242 g/mol. The van der Waals surface area contributed by atoms with Crippen LogP contribution in [0, 0.1) is 13.8 Å². The molecule has 0 unspecified atom stereocenters. The van der Waals surface area contributed by atoms with Gasteiger partial charge >= 0.3 is 0 Å². The molecule has 3 N–H and O–H groups in total. The van der Waals surface area contributed by atoms with Crippen molar-refractivity contribution >= 4 is 11.6 Å². The summed E-state index contributed by atoms with van der Waals surface area (Å²) in [5.74, 6) is -0.252. The molecule has 0 atom stereocenters. The van der Waals surface area contributed by atoms with Gasteiger partial charge in [0.2, 0.25) is 0 Å². The number of amides is 1. The summed E-state index contributed by atoms with van der Waals surface area (Å²) in [7, 11) is 0. The molecule has 98 valence electrons. The molecule has 2 aromatic rings. The molecule has 1 amide bonds. The van der Waals surface area contributed by atoms with E-state index in [0.717, 1.165) is 5.56 Å². The number of hydrogen-bond donors (Lipinski definition) is 3. The second-order valence-corrected chi connectivity index (χ2v) is 4.42. The Hall–Kier alpha value is -2.49. The van der Waals surface area contributed by atoms with E-state index < -0.39 is 0 Å². The Balaban J connectivity index is 2.30. The molecule has 0 heterocycles. The third-order valence-corrected chi connectivity index (χ3v) is 2.94. The van der Waals surface area contributed by atoms with Crippen LogP contribution in [0.15, 0.2) is 36.4 Å². The summed E-state index contributed by atoms with van der Waals surface area (Å²) in [6.07, 6.45) is 0. The lowest BCUT2D eigenvalue weighted by Crippen LogP contribution is -2.13. The Labute approximate surface area is 111 Å². The van der Waals surface area contributed by atoms with Gasteiger partial charge < -0.3 is 15.5 Å². The van der Waals surface area contributed by atoms with E-state index >= 15 is 0 Å². The first-order valence-corrected chi connectivity index (χ1v) is 5.88. The number of carbonyl (C=O) groups is 1. The van der Waals surface area contributed by atoms with Crippen molar-refractivity contribution < 1.29 is 15.0 Å². The average Bonchev–Trinajstić information content (AvgIpc) is 2.36. The molecular formula is C15H15NO3. The van der Waals surface area contributed by atoms with Crippen LogP contribution in [0.1, 0.15) is 21.5 Å². The highest BCUT2D eigenvalue weighted by Gasteiger charge is 2.12. The predicted molar refractivity (Wildman–Crippen MR) is 73.6 cm³/mol. The number of anilines is 1. The Morgan fingerprint density at radius 2 is 1.68 bits per heavy atom. The molecule has 4 nitrogen and oxygen atoms in total. The lowest BCUT2D eigenvalue weighted by molar-refractivity contribution is 0.102. The number of aryl methyl sites for hydroxylation is 2. The van der Waals surface area contributed by atoms with Crippen LogP contribution in [-0.4, -0.2) is 16.1 Å². The third kappa shape index (κ3) is 2.68. The number of rotatable bonds is 2. The van der Waals surface area contributed by atoms with Crippen LogP contribution in [0.5, 0.6) is 11.5 Å². The van der Waals surface area contributed by atoms with Gasteiger partial charge in [-0.2, -0.15) is 0 Å². The molecule has 0 saturated carbocycles. The highest BCUT2D eigenvalue weighted by molar-refractivity contribution is 6.06. The predicted octanol–water partition coefficient (Wildman–Crippen LogP) is 2.97. The maximum absolute atomic E-state index is 12.0. The smallest absolute Gasteiger partial charge is 0.259 e. The minimum Gasteiger partial charge on any atom is -0.508 e. The molecule has 0 bridgehead atoms. The van der Waals surface area contributed by atoms with Crippen molar-refractivity contribution in [2.75, 3.05) is 5.32 Å².